The molecule has 35 heavy (non-hydrogen) atoms. The van der Waals surface area contributed by atoms with Gasteiger partial charge in [-0.1, -0.05) is 40.2 Å². The molecule has 4 aromatic rings. The number of hydrogen-bond acceptors (Lipinski definition) is 4. The van der Waals surface area contributed by atoms with Gasteiger partial charge in [-0.3, -0.25) is 10.1 Å². The van der Waals surface area contributed by atoms with E-state index in [1.807, 2.05) is 53.4 Å². The van der Waals surface area contributed by atoms with Crippen LogP contribution >= 0.6 is 15.9 Å². The van der Waals surface area contributed by atoms with Crippen LogP contribution in [0.5, 0.6) is 11.5 Å². The number of ether oxygens (including phenoxy) is 1. The van der Waals surface area contributed by atoms with Crippen LogP contribution in [-0.4, -0.2) is 4.92 Å². The molecule has 0 aliphatic heterocycles. The Morgan fingerprint density at radius 1 is 0.914 bits per heavy atom. The highest BCUT2D eigenvalue weighted by Crippen LogP contribution is 2.31. The summed E-state index contributed by atoms with van der Waals surface area (Å²) in [4.78, 5) is 12.9. The first-order chi connectivity index (χ1) is 16.8. The predicted octanol–water partition coefficient (Wildman–Crippen LogP) is 7.94. The van der Waals surface area contributed by atoms with Crippen molar-refractivity contribution in [2.45, 2.75) is 20.0 Å². The molecule has 4 rings (SSSR count). The second-order valence-corrected chi connectivity index (χ2v) is 8.89. The third-order valence-electron chi connectivity index (χ3n) is 5.54. The van der Waals surface area contributed by atoms with Gasteiger partial charge in [0, 0.05) is 40.9 Å². The molecule has 0 fully saturated rings. The summed E-state index contributed by atoms with van der Waals surface area (Å²) in [6.45, 7) is 2.11. The van der Waals surface area contributed by atoms with E-state index in [0.29, 0.717) is 29.3 Å². The molecule has 0 amide bonds. The van der Waals surface area contributed by atoms with E-state index in [9.17, 15) is 18.9 Å². The third-order valence-corrected chi connectivity index (χ3v) is 6.07. The van der Waals surface area contributed by atoms with Gasteiger partial charge in [0.15, 0.2) is 0 Å². The molecular formula is C27H21BrF2N2O3. The molecule has 0 aromatic heterocycles. The van der Waals surface area contributed by atoms with Crippen molar-refractivity contribution in [3.05, 3.63) is 128 Å². The number of anilines is 1. The molecule has 0 aliphatic carbocycles. The maximum atomic E-state index is 14.5. The van der Waals surface area contributed by atoms with E-state index < -0.39 is 16.6 Å². The SMILES string of the molecule is Cc1c(N(Cc2ccc(Oc3ccc(Br)cc3)cc2)Cc2ccc(F)cc2F)cccc1[N+](=O)[O-]. The van der Waals surface area contributed by atoms with Gasteiger partial charge in [0.2, 0.25) is 0 Å². The summed E-state index contributed by atoms with van der Waals surface area (Å²) in [5.74, 6) is 0.0161. The highest BCUT2D eigenvalue weighted by Gasteiger charge is 2.19. The van der Waals surface area contributed by atoms with Crippen molar-refractivity contribution in [2.75, 3.05) is 4.90 Å². The minimum Gasteiger partial charge on any atom is -0.457 e. The van der Waals surface area contributed by atoms with E-state index in [-0.39, 0.29) is 17.8 Å². The Balaban J connectivity index is 1.62. The number of rotatable bonds is 8. The molecule has 0 heterocycles. The van der Waals surface area contributed by atoms with Crippen LogP contribution in [0.15, 0.2) is 89.4 Å². The van der Waals surface area contributed by atoms with Crippen LogP contribution in [0.1, 0.15) is 16.7 Å². The minimum atomic E-state index is -0.670. The molecule has 0 saturated carbocycles. The molecule has 0 radical (unpaired) electrons. The van der Waals surface area contributed by atoms with Crippen molar-refractivity contribution in [3.63, 3.8) is 0 Å². The normalized spacial score (nSPS) is 10.7. The summed E-state index contributed by atoms with van der Waals surface area (Å²) in [6, 6.07) is 23.1. The van der Waals surface area contributed by atoms with Gasteiger partial charge < -0.3 is 9.64 Å². The van der Waals surface area contributed by atoms with E-state index in [2.05, 4.69) is 15.9 Å². The fourth-order valence-corrected chi connectivity index (χ4v) is 4.02. The van der Waals surface area contributed by atoms with E-state index in [4.69, 9.17) is 4.74 Å². The monoisotopic (exact) mass is 538 g/mol. The molecule has 0 unspecified atom stereocenters. The number of nitro benzene ring substituents is 1. The maximum Gasteiger partial charge on any atom is 0.274 e. The summed E-state index contributed by atoms with van der Waals surface area (Å²) in [5, 5.41) is 11.5. The Hall–Kier alpha value is -3.78. The molecule has 0 spiro atoms. The highest BCUT2D eigenvalue weighted by atomic mass is 79.9. The van der Waals surface area contributed by atoms with E-state index in [1.165, 1.54) is 18.2 Å². The van der Waals surface area contributed by atoms with Crippen molar-refractivity contribution in [1.82, 2.24) is 0 Å². The summed E-state index contributed by atoms with van der Waals surface area (Å²) < 4.78 is 34.7. The molecule has 0 saturated heterocycles. The van der Waals surface area contributed by atoms with Crippen molar-refractivity contribution in [2.24, 2.45) is 0 Å². The molecule has 4 aromatic carbocycles. The average molecular weight is 539 g/mol. The Morgan fingerprint density at radius 3 is 2.20 bits per heavy atom. The summed E-state index contributed by atoms with van der Waals surface area (Å²) in [5.41, 5.74) is 2.22. The van der Waals surface area contributed by atoms with Crippen LogP contribution in [0, 0.1) is 28.7 Å². The van der Waals surface area contributed by atoms with Crippen molar-refractivity contribution in [1.29, 1.82) is 0 Å². The molecule has 178 valence electrons. The van der Waals surface area contributed by atoms with Gasteiger partial charge in [-0.25, -0.2) is 8.78 Å². The second-order valence-electron chi connectivity index (χ2n) is 7.97. The predicted molar refractivity (Wildman–Crippen MR) is 135 cm³/mol. The van der Waals surface area contributed by atoms with Crippen LogP contribution in [0.4, 0.5) is 20.2 Å². The molecule has 0 atom stereocenters. The molecule has 5 nitrogen and oxygen atoms in total. The van der Waals surface area contributed by atoms with Crippen molar-refractivity contribution in [3.8, 4) is 11.5 Å². The zero-order valence-electron chi connectivity index (χ0n) is 18.8. The first-order valence-electron chi connectivity index (χ1n) is 10.8. The lowest BCUT2D eigenvalue weighted by molar-refractivity contribution is -0.385. The Kier molecular flexibility index (Phi) is 7.41. The Bertz CT molecular complexity index is 1350. The third kappa shape index (κ3) is 6.02. The van der Waals surface area contributed by atoms with Crippen LogP contribution in [0.3, 0.4) is 0 Å². The fourth-order valence-electron chi connectivity index (χ4n) is 3.76. The van der Waals surface area contributed by atoms with Crippen LogP contribution in [0.25, 0.3) is 0 Å². The quantitative estimate of drug-likeness (QED) is 0.169. The summed E-state index contributed by atoms with van der Waals surface area (Å²) >= 11 is 3.39. The van der Waals surface area contributed by atoms with Gasteiger partial charge in [0.05, 0.1) is 10.5 Å². The molecule has 0 aliphatic rings. The van der Waals surface area contributed by atoms with E-state index >= 15 is 0 Å². The largest absolute Gasteiger partial charge is 0.457 e. The Morgan fingerprint density at radius 2 is 1.57 bits per heavy atom. The van der Waals surface area contributed by atoms with Crippen LogP contribution in [0.2, 0.25) is 0 Å². The average Bonchev–Trinajstić information content (AvgIpc) is 2.83. The number of benzene rings is 4. The van der Waals surface area contributed by atoms with Crippen LogP contribution in [-0.2, 0) is 13.1 Å². The lowest BCUT2D eigenvalue weighted by Gasteiger charge is -2.27. The van der Waals surface area contributed by atoms with Gasteiger partial charge in [-0.15, -0.1) is 0 Å². The Labute approximate surface area is 209 Å². The maximum absolute atomic E-state index is 14.5. The first-order valence-corrected chi connectivity index (χ1v) is 11.5. The lowest BCUT2D eigenvalue weighted by Crippen LogP contribution is -2.24. The van der Waals surface area contributed by atoms with E-state index in [1.54, 1.807) is 19.1 Å². The van der Waals surface area contributed by atoms with Gasteiger partial charge >= 0.3 is 0 Å². The molecule has 0 bridgehead atoms. The second kappa shape index (κ2) is 10.7. The molecule has 0 N–H and O–H groups in total. The lowest BCUT2D eigenvalue weighted by atomic mass is 10.1. The van der Waals surface area contributed by atoms with Crippen molar-refractivity contribution >= 4 is 27.3 Å². The number of nitro groups is 1. The summed E-state index contributed by atoms with van der Waals surface area (Å²) in [7, 11) is 0. The fraction of sp³-hybridized carbons (Fsp3) is 0.111. The van der Waals surface area contributed by atoms with Crippen molar-refractivity contribution < 1.29 is 18.4 Å². The number of halogens is 3. The first kappa shape index (κ1) is 24.3. The topological polar surface area (TPSA) is 55.6 Å². The van der Waals surface area contributed by atoms with E-state index in [0.717, 1.165) is 16.1 Å². The van der Waals surface area contributed by atoms with Crippen LogP contribution < -0.4 is 9.64 Å². The zero-order chi connectivity index (χ0) is 24.9. The highest BCUT2D eigenvalue weighted by molar-refractivity contribution is 9.10. The number of hydrogen-bond donors (Lipinski definition) is 0. The standard InChI is InChI=1S/C27H21BrF2N2O3/c1-18-26(3-2-4-27(18)32(33)34)31(17-20-7-10-22(29)15-25(20)30)16-19-5-11-23(12-6-19)35-24-13-8-21(28)9-14-24/h2-15H,16-17H2,1H3. The van der Waals surface area contributed by atoms with Gasteiger partial charge in [0.1, 0.15) is 23.1 Å². The molecular weight excluding hydrogens is 518 g/mol. The minimum absolute atomic E-state index is 0.0228. The summed E-state index contributed by atoms with van der Waals surface area (Å²) in [6.07, 6.45) is 0. The zero-order valence-corrected chi connectivity index (χ0v) is 20.3. The molecule has 8 heteroatoms. The van der Waals surface area contributed by atoms with Gasteiger partial charge in [0.25, 0.3) is 5.69 Å². The van der Waals surface area contributed by atoms with Gasteiger partial charge in [-0.2, -0.15) is 0 Å². The van der Waals surface area contributed by atoms with Gasteiger partial charge in [-0.05, 0) is 61.0 Å². The smallest absolute Gasteiger partial charge is 0.274 e. The number of nitrogens with zero attached hydrogens (tertiary/aromatic N) is 2.